The minimum absolute atomic E-state index is 0.144. The molecule has 1 atom stereocenters. The van der Waals surface area contributed by atoms with Gasteiger partial charge in [0.25, 0.3) is 0 Å². The van der Waals surface area contributed by atoms with Crippen LogP contribution in [0.2, 0.25) is 0 Å². The lowest BCUT2D eigenvalue weighted by Gasteiger charge is -2.34. The van der Waals surface area contributed by atoms with Crippen LogP contribution in [0.3, 0.4) is 0 Å². The number of hydrogen-bond donors (Lipinski definition) is 1. The van der Waals surface area contributed by atoms with Crippen molar-refractivity contribution >= 4 is 15.9 Å². The minimum atomic E-state index is -3.27. The highest BCUT2D eigenvalue weighted by molar-refractivity contribution is 7.90. The maximum absolute atomic E-state index is 12.5. The Kier molecular flexibility index (Phi) is 4.54. The molecule has 1 aliphatic heterocycles. The Hall–Kier alpha value is -0.620. The predicted molar refractivity (Wildman–Crippen MR) is 81.2 cm³/mol. The zero-order valence-electron chi connectivity index (χ0n) is 12.6. The van der Waals surface area contributed by atoms with Gasteiger partial charge in [-0.2, -0.15) is 0 Å². The maximum Gasteiger partial charge on any atom is 0.225 e. The molecule has 0 aromatic rings. The highest BCUT2D eigenvalue weighted by Crippen LogP contribution is 2.30. The van der Waals surface area contributed by atoms with E-state index < -0.39 is 15.3 Å². The largest absolute Gasteiger partial charge is 0.341 e. The highest BCUT2D eigenvalue weighted by atomic mass is 32.2. The third kappa shape index (κ3) is 3.77. The third-order valence-electron chi connectivity index (χ3n) is 5.10. The molecule has 1 N–H and O–H groups in total. The first-order valence-electron chi connectivity index (χ1n) is 8.33. The maximum atomic E-state index is 12.5. The van der Waals surface area contributed by atoms with Crippen molar-refractivity contribution in [2.24, 2.45) is 11.8 Å². The summed E-state index contributed by atoms with van der Waals surface area (Å²) in [4.78, 5) is 14.3. The van der Waals surface area contributed by atoms with Crippen LogP contribution in [0.15, 0.2) is 0 Å². The number of nitrogens with zero attached hydrogens (tertiary/aromatic N) is 1. The lowest BCUT2D eigenvalue weighted by molar-refractivity contribution is -0.136. The summed E-state index contributed by atoms with van der Waals surface area (Å²) in [6.07, 6.45) is 7.98. The second kappa shape index (κ2) is 6.24. The number of hydrogen-bond acceptors (Lipinski definition) is 3. The first-order chi connectivity index (χ1) is 10.1. The van der Waals surface area contributed by atoms with Crippen molar-refractivity contribution in [3.05, 3.63) is 0 Å². The van der Waals surface area contributed by atoms with Crippen LogP contribution in [0.25, 0.3) is 0 Å². The van der Waals surface area contributed by atoms with E-state index in [9.17, 15) is 13.2 Å². The van der Waals surface area contributed by atoms with E-state index in [1.807, 2.05) is 0 Å². The van der Waals surface area contributed by atoms with Crippen LogP contribution in [-0.4, -0.2) is 44.1 Å². The van der Waals surface area contributed by atoms with Crippen molar-refractivity contribution in [1.29, 1.82) is 0 Å². The summed E-state index contributed by atoms with van der Waals surface area (Å²) in [5.74, 6) is 0.875. The van der Waals surface area contributed by atoms with E-state index in [4.69, 9.17) is 0 Å². The van der Waals surface area contributed by atoms with E-state index in [0.29, 0.717) is 25.4 Å². The van der Waals surface area contributed by atoms with Gasteiger partial charge in [0.2, 0.25) is 15.9 Å². The summed E-state index contributed by atoms with van der Waals surface area (Å²) in [6.45, 7) is 1.69. The Labute approximate surface area is 127 Å². The molecule has 0 radical (unpaired) electrons. The van der Waals surface area contributed by atoms with Gasteiger partial charge in [-0.3, -0.25) is 4.79 Å². The molecule has 3 fully saturated rings. The Bertz CT molecular complexity index is 481. The zero-order chi connectivity index (χ0) is 14.9. The van der Waals surface area contributed by atoms with Gasteiger partial charge in [-0.05, 0) is 44.4 Å². The number of nitrogens with one attached hydrogen (secondary N) is 1. The van der Waals surface area contributed by atoms with Gasteiger partial charge in [-0.25, -0.2) is 13.1 Å². The standard InChI is InChI=1S/C15H26N2O3S/c18-15(13-4-1-2-5-13)17-9-3-6-14(11-17)21(19,20)16-10-12-7-8-12/h12-14,16H,1-11H2. The lowest BCUT2D eigenvalue weighted by atomic mass is 10.0. The first-order valence-corrected chi connectivity index (χ1v) is 9.88. The number of likely N-dealkylation sites (tertiary alicyclic amines) is 1. The average molecular weight is 314 g/mol. The summed E-state index contributed by atoms with van der Waals surface area (Å²) >= 11 is 0. The Morgan fingerprint density at radius 2 is 1.76 bits per heavy atom. The molecular weight excluding hydrogens is 288 g/mol. The number of amides is 1. The summed E-state index contributed by atoms with van der Waals surface area (Å²) in [7, 11) is -3.27. The average Bonchev–Trinajstić information content (AvgIpc) is 3.17. The van der Waals surface area contributed by atoms with Crippen LogP contribution in [0.5, 0.6) is 0 Å². The fourth-order valence-corrected chi connectivity index (χ4v) is 5.05. The Morgan fingerprint density at radius 1 is 1.05 bits per heavy atom. The van der Waals surface area contributed by atoms with Gasteiger partial charge in [0.15, 0.2) is 0 Å². The van der Waals surface area contributed by atoms with Crippen molar-refractivity contribution in [3.63, 3.8) is 0 Å². The molecule has 0 aromatic carbocycles. The molecule has 3 rings (SSSR count). The molecular formula is C15H26N2O3S. The van der Waals surface area contributed by atoms with Gasteiger partial charge in [-0.1, -0.05) is 12.8 Å². The minimum Gasteiger partial charge on any atom is -0.341 e. The second-order valence-electron chi connectivity index (χ2n) is 6.87. The number of rotatable bonds is 5. The SMILES string of the molecule is O=C(C1CCCC1)N1CCCC(S(=O)(=O)NCC2CC2)C1. The van der Waals surface area contributed by atoms with Crippen LogP contribution < -0.4 is 4.72 Å². The predicted octanol–water partition coefficient (Wildman–Crippen LogP) is 1.50. The molecule has 21 heavy (non-hydrogen) atoms. The normalized spacial score (nSPS) is 28.0. The molecule has 2 saturated carbocycles. The van der Waals surface area contributed by atoms with Crippen molar-refractivity contribution < 1.29 is 13.2 Å². The van der Waals surface area contributed by atoms with Crippen LogP contribution in [0, 0.1) is 11.8 Å². The fraction of sp³-hybridized carbons (Fsp3) is 0.933. The van der Waals surface area contributed by atoms with E-state index in [0.717, 1.165) is 51.5 Å². The van der Waals surface area contributed by atoms with Gasteiger partial charge in [0, 0.05) is 25.6 Å². The van der Waals surface area contributed by atoms with Crippen LogP contribution in [0.1, 0.15) is 51.4 Å². The molecule has 2 aliphatic carbocycles. The second-order valence-corrected chi connectivity index (χ2v) is 8.91. The summed E-state index contributed by atoms with van der Waals surface area (Å²) in [5, 5.41) is -0.421. The number of sulfonamides is 1. The molecule has 0 bridgehead atoms. The van der Waals surface area contributed by atoms with Crippen molar-refractivity contribution in [2.45, 2.75) is 56.6 Å². The highest BCUT2D eigenvalue weighted by Gasteiger charge is 2.36. The van der Waals surface area contributed by atoms with Crippen LogP contribution >= 0.6 is 0 Å². The third-order valence-corrected chi connectivity index (χ3v) is 6.93. The van der Waals surface area contributed by atoms with E-state index in [2.05, 4.69) is 4.72 Å². The number of carbonyl (C=O) groups is 1. The molecule has 120 valence electrons. The van der Waals surface area contributed by atoms with Gasteiger partial charge >= 0.3 is 0 Å². The molecule has 0 aromatic heterocycles. The molecule has 6 heteroatoms. The number of carbonyl (C=O) groups excluding carboxylic acids is 1. The molecule has 1 unspecified atom stereocenters. The first kappa shape index (κ1) is 15.3. The summed E-state index contributed by atoms with van der Waals surface area (Å²) < 4.78 is 27.5. The van der Waals surface area contributed by atoms with Gasteiger partial charge in [0.05, 0.1) is 5.25 Å². The molecule has 3 aliphatic rings. The van der Waals surface area contributed by atoms with Crippen LogP contribution in [0.4, 0.5) is 0 Å². The van der Waals surface area contributed by atoms with E-state index in [1.165, 1.54) is 0 Å². The zero-order valence-corrected chi connectivity index (χ0v) is 13.4. The summed E-state index contributed by atoms with van der Waals surface area (Å²) in [5.41, 5.74) is 0. The quantitative estimate of drug-likeness (QED) is 0.836. The Morgan fingerprint density at radius 3 is 2.43 bits per heavy atom. The monoisotopic (exact) mass is 314 g/mol. The van der Waals surface area contributed by atoms with E-state index >= 15 is 0 Å². The topological polar surface area (TPSA) is 66.5 Å². The summed E-state index contributed by atoms with van der Waals surface area (Å²) in [6, 6.07) is 0. The van der Waals surface area contributed by atoms with Crippen molar-refractivity contribution in [3.8, 4) is 0 Å². The van der Waals surface area contributed by atoms with Crippen molar-refractivity contribution in [1.82, 2.24) is 9.62 Å². The number of piperidine rings is 1. The van der Waals surface area contributed by atoms with Gasteiger partial charge in [0.1, 0.15) is 0 Å². The molecule has 5 nitrogen and oxygen atoms in total. The molecule has 1 amide bonds. The van der Waals surface area contributed by atoms with Gasteiger partial charge < -0.3 is 4.90 Å². The van der Waals surface area contributed by atoms with Crippen molar-refractivity contribution in [2.75, 3.05) is 19.6 Å². The lowest BCUT2D eigenvalue weighted by Crippen LogP contribution is -2.49. The van der Waals surface area contributed by atoms with Gasteiger partial charge in [-0.15, -0.1) is 0 Å². The van der Waals surface area contributed by atoms with E-state index in [-0.39, 0.29) is 11.8 Å². The molecule has 0 spiro atoms. The Balaban J connectivity index is 1.57. The fourth-order valence-electron chi connectivity index (χ4n) is 3.50. The van der Waals surface area contributed by atoms with Crippen LogP contribution in [-0.2, 0) is 14.8 Å². The van der Waals surface area contributed by atoms with E-state index in [1.54, 1.807) is 4.90 Å². The smallest absolute Gasteiger partial charge is 0.225 e. The molecule has 1 saturated heterocycles. The molecule has 1 heterocycles.